The first kappa shape index (κ1) is 10.0. The van der Waals surface area contributed by atoms with Gasteiger partial charge < -0.3 is 4.52 Å². The summed E-state index contributed by atoms with van der Waals surface area (Å²) in [6, 6.07) is 0. The van der Waals surface area contributed by atoms with Gasteiger partial charge in [-0.15, -0.1) is 0 Å². The predicted octanol–water partition coefficient (Wildman–Crippen LogP) is 2.82. The molecule has 4 heteroatoms. The second-order valence-electron chi connectivity index (χ2n) is 2.00. The van der Waals surface area contributed by atoms with Gasteiger partial charge in [0.25, 0.3) is 0 Å². The molecule has 0 aromatic carbocycles. The van der Waals surface area contributed by atoms with Gasteiger partial charge in [0.2, 0.25) is 0 Å². The van der Waals surface area contributed by atoms with Crippen molar-refractivity contribution >= 4 is 18.0 Å². The van der Waals surface area contributed by atoms with Crippen LogP contribution in [0.3, 0.4) is 0 Å². The topological polar surface area (TPSA) is 26.3 Å². The fourth-order valence-corrected chi connectivity index (χ4v) is 2.02. The van der Waals surface area contributed by atoms with Crippen molar-refractivity contribution in [3.8, 4) is 11.6 Å². The molecule has 0 rings (SSSR count). The molecule has 1 unspecified atom stereocenters. The minimum absolute atomic E-state index is 0.149. The summed E-state index contributed by atoms with van der Waals surface area (Å²) in [6.07, 6.45) is -0.149. The molecule has 0 spiro atoms. The average molecular weight is 181 g/mol. The third-order valence-electron chi connectivity index (χ3n) is 0.592. The van der Waals surface area contributed by atoms with Crippen LogP contribution in [0.15, 0.2) is 0 Å². The molecule has 2 nitrogen and oxygen atoms in total. The second kappa shape index (κ2) is 4.03. The van der Waals surface area contributed by atoms with Crippen LogP contribution < -0.4 is 0 Å². The van der Waals surface area contributed by atoms with Gasteiger partial charge in [0.15, 0.2) is 0 Å². The molecule has 58 valence electrons. The molecular weight excluding hydrogens is 170 g/mol. The lowest BCUT2D eigenvalue weighted by atomic mass is 10.5. The predicted molar refractivity (Wildman–Crippen MR) is 43.1 cm³/mol. The Morgan fingerprint density at radius 1 is 1.60 bits per heavy atom. The Balaban J connectivity index is 4.10. The Labute approximate surface area is 66.1 Å². The van der Waals surface area contributed by atoms with Gasteiger partial charge in [-0.1, -0.05) is 5.92 Å². The van der Waals surface area contributed by atoms with E-state index in [2.05, 4.69) is 11.6 Å². The lowest BCUT2D eigenvalue weighted by Crippen LogP contribution is -1.95. The van der Waals surface area contributed by atoms with Gasteiger partial charge in [-0.2, -0.15) is 0 Å². The molecule has 0 aliphatic carbocycles. The molecule has 0 amide bonds. The van der Waals surface area contributed by atoms with Crippen LogP contribution in [-0.4, -0.2) is 6.10 Å². The molecule has 0 aliphatic heterocycles. The number of halogens is 1. The first-order valence-electron chi connectivity index (χ1n) is 2.90. The van der Waals surface area contributed by atoms with E-state index in [1.54, 1.807) is 20.8 Å². The molecule has 0 heterocycles. The van der Waals surface area contributed by atoms with Gasteiger partial charge in [-0.05, 0) is 32.0 Å². The summed E-state index contributed by atoms with van der Waals surface area (Å²) in [5.41, 5.74) is 2.30. The van der Waals surface area contributed by atoms with Gasteiger partial charge >= 0.3 is 6.72 Å². The van der Waals surface area contributed by atoms with Gasteiger partial charge in [-0.25, -0.2) is 0 Å². The Kier molecular flexibility index (Phi) is 4.05. The fourth-order valence-electron chi connectivity index (χ4n) is 0.431. The van der Waals surface area contributed by atoms with E-state index in [-0.39, 0.29) is 6.10 Å². The van der Waals surface area contributed by atoms with Crippen molar-refractivity contribution in [2.45, 2.75) is 26.9 Å². The number of hydrogen-bond acceptors (Lipinski definition) is 2. The standard InChI is InChI=1S/C6H10ClO2P/c1-4-5-10(7,8)9-6(2)3/h6H,1-3H3. The van der Waals surface area contributed by atoms with Crippen molar-refractivity contribution in [1.29, 1.82) is 0 Å². The maximum atomic E-state index is 11.0. The van der Waals surface area contributed by atoms with Crippen LogP contribution in [0.2, 0.25) is 0 Å². The first-order valence-corrected chi connectivity index (χ1v) is 5.43. The molecule has 0 N–H and O–H groups in total. The molecule has 0 aromatic rings. The molecule has 10 heavy (non-hydrogen) atoms. The van der Waals surface area contributed by atoms with Crippen LogP contribution in [0, 0.1) is 11.6 Å². The molecule has 0 saturated heterocycles. The van der Waals surface area contributed by atoms with Gasteiger partial charge in [-0.3, -0.25) is 4.57 Å². The van der Waals surface area contributed by atoms with Crippen LogP contribution >= 0.6 is 18.0 Å². The zero-order valence-electron chi connectivity index (χ0n) is 6.22. The maximum Gasteiger partial charge on any atom is 0.362 e. The highest BCUT2D eigenvalue weighted by molar-refractivity contribution is 7.89. The van der Waals surface area contributed by atoms with E-state index in [9.17, 15) is 4.57 Å². The van der Waals surface area contributed by atoms with Crippen molar-refractivity contribution in [3.63, 3.8) is 0 Å². The van der Waals surface area contributed by atoms with Crippen molar-refractivity contribution in [2.75, 3.05) is 0 Å². The second-order valence-corrected chi connectivity index (χ2v) is 4.72. The molecule has 0 radical (unpaired) electrons. The van der Waals surface area contributed by atoms with E-state index in [4.69, 9.17) is 15.8 Å². The van der Waals surface area contributed by atoms with Gasteiger partial charge in [0.1, 0.15) is 0 Å². The molecule has 0 aromatic heterocycles. The van der Waals surface area contributed by atoms with Crippen molar-refractivity contribution in [1.82, 2.24) is 0 Å². The Morgan fingerprint density at radius 2 is 2.10 bits per heavy atom. The smallest absolute Gasteiger partial charge is 0.306 e. The SMILES string of the molecule is CC#CP(=O)(Cl)OC(C)C. The highest BCUT2D eigenvalue weighted by Gasteiger charge is 2.16. The average Bonchev–Trinajstić information content (AvgIpc) is 1.59. The highest BCUT2D eigenvalue weighted by atomic mass is 35.7. The zero-order chi connectivity index (χ0) is 8.20. The van der Waals surface area contributed by atoms with E-state index >= 15 is 0 Å². The van der Waals surface area contributed by atoms with E-state index in [1.165, 1.54) is 0 Å². The van der Waals surface area contributed by atoms with E-state index < -0.39 is 6.72 Å². The van der Waals surface area contributed by atoms with Gasteiger partial charge in [0.05, 0.1) is 6.10 Å². The van der Waals surface area contributed by atoms with E-state index in [0.717, 1.165) is 0 Å². The summed E-state index contributed by atoms with van der Waals surface area (Å²) in [5.74, 6) is 2.44. The van der Waals surface area contributed by atoms with E-state index in [1.807, 2.05) is 0 Å². The zero-order valence-corrected chi connectivity index (χ0v) is 7.87. The molecule has 0 bridgehead atoms. The van der Waals surface area contributed by atoms with Crippen LogP contribution in [0.1, 0.15) is 20.8 Å². The third-order valence-corrected chi connectivity index (χ3v) is 2.27. The molecule has 1 atom stereocenters. The fraction of sp³-hybridized carbons (Fsp3) is 0.667. The quantitative estimate of drug-likeness (QED) is 0.483. The number of hydrogen-bond donors (Lipinski definition) is 0. The summed E-state index contributed by atoms with van der Waals surface area (Å²) < 4.78 is 15.8. The monoisotopic (exact) mass is 180 g/mol. The minimum atomic E-state index is -3.14. The first-order chi connectivity index (χ1) is 4.48. The number of rotatable bonds is 2. The van der Waals surface area contributed by atoms with Crippen LogP contribution in [0.5, 0.6) is 0 Å². The van der Waals surface area contributed by atoms with Crippen LogP contribution in [0.25, 0.3) is 0 Å². The summed E-state index contributed by atoms with van der Waals surface area (Å²) >= 11 is 5.39. The van der Waals surface area contributed by atoms with Crippen LogP contribution in [-0.2, 0) is 9.09 Å². The Morgan fingerprint density at radius 3 is 2.40 bits per heavy atom. The summed E-state index contributed by atoms with van der Waals surface area (Å²) in [6.45, 7) is 1.94. The Hall–Kier alpha value is 0.0400. The van der Waals surface area contributed by atoms with Crippen molar-refractivity contribution < 1.29 is 9.09 Å². The largest absolute Gasteiger partial charge is 0.362 e. The summed E-state index contributed by atoms with van der Waals surface area (Å²) in [5, 5.41) is 0. The van der Waals surface area contributed by atoms with Gasteiger partial charge in [0, 0.05) is 5.66 Å². The molecule has 0 fully saturated rings. The third kappa shape index (κ3) is 4.88. The van der Waals surface area contributed by atoms with E-state index in [0.29, 0.717) is 0 Å². The Bertz CT molecular complexity index is 202. The van der Waals surface area contributed by atoms with Crippen molar-refractivity contribution in [2.24, 2.45) is 0 Å². The lowest BCUT2D eigenvalue weighted by Gasteiger charge is -2.07. The summed E-state index contributed by atoms with van der Waals surface area (Å²) in [7, 11) is 0. The maximum absolute atomic E-state index is 11.0. The molecule has 0 saturated carbocycles. The normalized spacial score (nSPS) is 15.7. The summed E-state index contributed by atoms with van der Waals surface area (Å²) in [4.78, 5) is 0. The van der Waals surface area contributed by atoms with Crippen LogP contribution in [0.4, 0.5) is 0 Å². The van der Waals surface area contributed by atoms with Crippen molar-refractivity contribution in [3.05, 3.63) is 0 Å². The molecule has 0 aliphatic rings. The molecular formula is C6H10ClO2P. The highest BCUT2D eigenvalue weighted by Crippen LogP contribution is 2.52. The lowest BCUT2D eigenvalue weighted by molar-refractivity contribution is 0.257. The minimum Gasteiger partial charge on any atom is -0.306 e.